The predicted molar refractivity (Wildman–Crippen MR) is 91.4 cm³/mol. The first-order chi connectivity index (χ1) is 11.1. The first-order valence-electron chi connectivity index (χ1n) is 7.64. The van der Waals surface area contributed by atoms with E-state index in [1.54, 1.807) is 12.1 Å². The molecule has 6 nitrogen and oxygen atoms in total. The largest absolute Gasteiger partial charge is 0.465 e. The second-order valence-electron chi connectivity index (χ2n) is 5.03. The number of carbonyl (C=O) groups is 1. The van der Waals surface area contributed by atoms with Crippen LogP contribution < -0.4 is 10.2 Å². The molecule has 2 aromatic rings. The molecule has 0 spiro atoms. The van der Waals surface area contributed by atoms with E-state index in [2.05, 4.69) is 34.0 Å². The standard InChI is InChI=1S/C17H22N4O2/c1-5-21(6-2)17-18-12(3)11-15(20-17)19-14-10-8-7-9-13(14)16(22)23-4/h7-11H,5-6H2,1-4H3,(H,18,19,20). The lowest BCUT2D eigenvalue weighted by Gasteiger charge is -2.20. The molecule has 1 N–H and O–H groups in total. The van der Waals surface area contributed by atoms with Crippen molar-refractivity contribution in [2.75, 3.05) is 30.4 Å². The SMILES string of the molecule is CCN(CC)c1nc(C)cc(Nc2ccccc2C(=O)OC)n1. The van der Waals surface area contributed by atoms with Crippen molar-refractivity contribution >= 4 is 23.4 Å². The fourth-order valence-corrected chi connectivity index (χ4v) is 2.28. The number of methoxy groups -OCH3 is 1. The van der Waals surface area contributed by atoms with Gasteiger partial charge in [0.15, 0.2) is 0 Å². The number of para-hydroxylation sites is 1. The third-order valence-electron chi connectivity index (χ3n) is 3.48. The minimum absolute atomic E-state index is 0.386. The Morgan fingerprint density at radius 1 is 1.22 bits per heavy atom. The third kappa shape index (κ3) is 3.97. The summed E-state index contributed by atoms with van der Waals surface area (Å²) < 4.78 is 4.82. The maximum Gasteiger partial charge on any atom is 0.339 e. The fourth-order valence-electron chi connectivity index (χ4n) is 2.28. The first kappa shape index (κ1) is 16.7. The average molecular weight is 314 g/mol. The van der Waals surface area contributed by atoms with Crippen molar-refractivity contribution in [3.63, 3.8) is 0 Å². The van der Waals surface area contributed by atoms with Crippen LogP contribution in [0.3, 0.4) is 0 Å². The van der Waals surface area contributed by atoms with Gasteiger partial charge in [-0.1, -0.05) is 12.1 Å². The van der Waals surface area contributed by atoms with E-state index in [1.165, 1.54) is 7.11 Å². The molecular weight excluding hydrogens is 292 g/mol. The normalized spacial score (nSPS) is 10.3. The molecule has 1 aromatic carbocycles. The molecule has 0 aliphatic rings. The number of anilines is 3. The van der Waals surface area contributed by atoms with Crippen LogP contribution in [0.5, 0.6) is 0 Å². The van der Waals surface area contributed by atoms with Gasteiger partial charge in [0.1, 0.15) is 5.82 Å². The van der Waals surface area contributed by atoms with Crippen LogP contribution in [0, 0.1) is 6.92 Å². The smallest absolute Gasteiger partial charge is 0.339 e. The van der Waals surface area contributed by atoms with Gasteiger partial charge in [0.2, 0.25) is 5.95 Å². The van der Waals surface area contributed by atoms with Gasteiger partial charge in [-0.05, 0) is 32.9 Å². The van der Waals surface area contributed by atoms with Crippen molar-refractivity contribution < 1.29 is 9.53 Å². The number of ether oxygens (including phenoxy) is 1. The summed E-state index contributed by atoms with van der Waals surface area (Å²) in [6.45, 7) is 7.71. The van der Waals surface area contributed by atoms with Crippen LogP contribution >= 0.6 is 0 Å². The van der Waals surface area contributed by atoms with E-state index in [0.717, 1.165) is 18.8 Å². The Hall–Kier alpha value is -2.63. The molecule has 0 aliphatic heterocycles. The Morgan fingerprint density at radius 3 is 2.57 bits per heavy atom. The second-order valence-corrected chi connectivity index (χ2v) is 5.03. The molecule has 1 heterocycles. The number of aromatic nitrogens is 2. The molecule has 0 fully saturated rings. The van der Waals surface area contributed by atoms with Crippen LogP contribution in [-0.2, 0) is 4.74 Å². The van der Waals surface area contributed by atoms with E-state index in [0.29, 0.717) is 23.0 Å². The van der Waals surface area contributed by atoms with Gasteiger partial charge in [0.05, 0.1) is 18.4 Å². The zero-order chi connectivity index (χ0) is 16.8. The van der Waals surface area contributed by atoms with Crippen molar-refractivity contribution in [1.82, 2.24) is 9.97 Å². The third-order valence-corrected chi connectivity index (χ3v) is 3.48. The number of aryl methyl sites for hydroxylation is 1. The van der Waals surface area contributed by atoms with E-state index in [1.807, 2.05) is 25.1 Å². The maximum absolute atomic E-state index is 11.9. The van der Waals surface area contributed by atoms with E-state index in [4.69, 9.17) is 4.74 Å². The zero-order valence-corrected chi connectivity index (χ0v) is 14.0. The molecule has 2 rings (SSSR count). The highest BCUT2D eigenvalue weighted by Crippen LogP contribution is 2.22. The van der Waals surface area contributed by atoms with Crippen LogP contribution in [0.15, 0.2) is 30.3 Å². The van der Waals surface area contributed by atoms with E-state index in [-0.39, 0.29) is 5.97 Å². The summed E-state index contributed by atoms with van der Waals surface area (Å²) >= 11 is 0. The number of nitrogens with one attached hydrogen (secondary N) is 1. The minimum atomic E-state index is -0.386. The van der Waals surface area contributed by atoms with Gasteiger partial charge >= 0.3 is 5.97 Å². The lowest BCUT2D eigenvalue weighted by molar-refractivity contribution is 0.0602. The number of carbonyl (C=O) groups excluding carboxylic acids is 1. The number of hydrogen-bond acceptors (Lipinski definition) is 6. The van der Waals surface area contributed by atoms with Crippen molar-refractivity contribution in [1.29, 1.82) is 0 Å². The molecule has 0 saturated heterocycles. The second kappa shape index (κ2) is 7.58. The molecule has 6 heteroatoms. The van der Waals surface area contributed by atoms with E-state index < -0.39 is 0 Å². The number of esters is 1. The number of benzene rings is 1. The van der Waals surface area contributed by atoms with Crippen LogP contribution in [0.4, 0.5) is 17.5 Å². The van der Waals surface area contributed by atoms with Gasteiger partial charge in [-0.25, -0.2) is 9.78 Å². The molecule has 122 valence electrons. The Kier molecular flexibility index (Phi) is 5.51. The highest BCUT2D eigenvalue weighted by atomic mass is 16.5. The van der Waals surface area contributed by atoms with Gasteiger partial charge in [-0.15, -0.1) is 0 Å². The molecular formula is C17H22N4O2. The number of rotatable bonds is 6. The predicted octanol–water partition coefficient (Wildman–Crippen LogP) is 3.16. The van der Waals surface area contributed by atoms with Crippen LogP contribution in [0.25, 0.3) is 0 Å². The van der Waals surface area contributed by atoms with Gasteiger partial charge in [0.25, 0.3) is 0 Å². The lowest BCUT2D eigenvalue weighted by Crippen LogP contribution is -2.24. The Labute approximate surface area is 136 Å². The van der Waals surface area contributed by atoms with Gasteiger partial charge in [-0.3, -0.25) is 0 Å². The summed E-state index contributed by atoms with van der Waals surface area (Å²) in [5, 5.41) is 3.19. The molecule has 0 saturated carbocycles. The molecule has 0 aliphatic carbocycles. The molecule has 0 unspecified atom stereocenters. The summed E-state index contributed by atoms with van der Waals surface area (Å²) in [4.78, 5) is 23.0. The molecule has 0 bridgehead atoms. The van der Waals surface area contributed by atoms with Crippen molar-refractivity contribution in [3.8, 4) is 0 Å². The van der Waals surface area contributed by atoms with Gasteiger partial charge in [-0.2, -0.15) is 4.98 Å². The summed E-state index contributed by atoms with van der Waals surface area (Å²) in [6, 6.07) is 9.04. The van der Waals surface area contributed by atoms with Crippen molar-refractivity contribution in [2.45, 2.75) is 20.8 Å². The summed E-state index contributed by atoms with van der Waals surface area (Å²) in [7, 11) is 1.37. The average Bonchev–Trinajstić information content (AvgIpc) is 2.55. The van der Waals surface area contributed by atoms with E-state index in [9.17, 15) is 4.79 Å². The molecule has 23 heavy (non-hydrogen) atoms. The summed E-state index contributed by atoms with van der Waals surface area (Å²) in [6.07, 6.45) is 0. The zero-order valence-electron chi connectivity index (χ0n) is 14.0. The lowest BCUT2D eigenvalue weighted by atomic mass is 10.2. The number of hydrogen-bond donors (Lipinski definition) is 1. The van der Waals surface area contributed by atoms with Crippen molar-refractivity contribution in [3.05, 3.63) is 41.6 Å². The highest BCUT2D eigenvalue weighted by molar-refractivity contribution is 5.96. The van der Waals surface area contributed by atoms with Crippen LogP contribution in [0.1, 0.15) is 29.9 Å². The maximum atomic E-state index is 11.9. The highest BCUT2D eigenvalue weighted by Gasteiger charge is 2.13. The molecule has 0 amide bonds. The van der Waals surface area contributed by atoms with E-state index >= 15 is 0 Å². The van der Waals surface area contributed by atoms with Crippen LogP contribution in [0.2, 0.25) is 0 Å². The van der Waals surface area contributed by atoms with Gasteiger partial charge in [0, 0.05) is 24.8 Å². The first-order valence-corrected chi connectivity index (χ1v) is 7.64. The fraction of sp³-hybridized carbons (Fsp3) is 0.353. The Balaban J connectivity index is 2.36. The number of nitrogens with zero attached hydrogens (tertiary/aromatic N) is 3. The molecule has 0 radical (unpaired) electrons. The van der Waals surface area contributed by atoms with Crippen molar-refractivity contribution in [2.24, 2.45) is 0 Å². The minimum Gasteiger partial charge on any atom is -0.465 e. The summed E-state index contributed by atoms with van der Waals surface area (Å²) in [5.41, 5.74) is 1.98. The Morgan fingerprint density at radius 2 is 1.91 bits per heavy atom. The Bertz CT molecular complexity index is 684. The van der Waals surface area contributed by atoms with Crippen LogP contribution in [-0.4, -0.2) is 36.1 Å². The quantitative estimate of drug-likeness (QED) is 0.826. The summed E-state index contributed by atoms with van der Waals surface area (Å²) in [5.74, 6) is 0.937. The topological polar surface area (TPSA) is 67.4 Å². The monoisotopic (exact) mass is 314 g/mol. The van der Waals surface area contributed by atoms with Gasteiger partial charge < -0.3 is 15.0 Å². The molecule has 1 aromatic heterocycles. The molecule has 0 atom stereocenters.